The first-order valence-electron chi connectivity index (χ1n) is 8.35. The molecule has 0 saturated carbocycles. The van der Waals surface area contributed by atoms with Gasteiger partial charge in [0.05, 0.1) is 11.1 Å². The molecule has 1 aromatic heterocycles. The van der Waals surface area contributed by atoms with E-state index in [0.29, 0.717) is 15.7 Å². The number of alkyl halides is 3. The molecule has 0 aliphatic rings. The molecule has 0 aliphatic carbocycles. The third kappa shape index (κ3) is 5.62. The predicted molar refractivity (Wildman–Crippen MR) is 107 cm³/mol. The van der Waals surface area contributed by atoms with E-state index in [1.165, 1.54) is 18.2 Å². The Hall–Kier alpha value is -2.77. The number of hydrogen-bond acceptors (Lipinski definition) is 3. The van der Waals surface area contributed by atoms with E-state index >= 15 is 0 Å². The van der Waals surface area contributed by atoms with Crippen molar-refractivity contribution in [2.45, 2.75) is 12.7 Å². The second kappa shape index (κ2) is 8.71. The molecule has 9 heteroatoms. The van der Waals surface area contributed by atoms with E-state index in [9.17, 15) is 18.0 Å². The molecule has 0 aliphatic heterocycles. The molecule has 0 fully saturated rings. The molecular formula is C20H14Cl2F3N3O. The Bertz CT molecular complexity index is 1010. The number of aromatic nitrogens is 1. The molecule has 0 atom stereocenters. The number of anilines is 2. The lowest BCUT2D eigenvalue weighted by atomic mass is 10.1. The molecule has 3 aromatic rings. The van der Waals surface area contributed by atoms with Crippen LogP contribution in [-0.2, 0) is 12.7 Å². The molecule has 4 nitrogen and oxygen atoms in total. The molecule has 0 radical (unpaired) electrons. The molecule has 0 unspecified atom stereocenters. The van der Waals surface area contributed by atoms with E-state index in [0.717, 1.165) is 17.8 Å². The molecule has 150 valence electrons. The summed E-state index contributed by atoms with van der Waals surface area (Å²) in [7, 11) is 0. The summed E-state index contributed by atoms with van der Waals surface area (Å²) < 4.78 is 40.6. The number of carbonyl (C=O) groups excluding carboxylic acids is 1. The fraction of sp³-hybridized carbons (Fsp3) is 0.100. The first-order valence-corrected chi connectivity index (χ1v) is 9.10. The van der Waals surface area contributed by atoms with E-state index in [-0.39, 0.29) is 12.4 Å². The predicted octanol–water partition coefficient (Wildman–Crippen LogP) is 6.08. The maximum Gasteiger partial charge on any atom is 0.417 e. The van der Waals surface area contributed by atoms with Crippen LogP contribution >= 0.6 is 23.2 Å². The van der Waals surface area contributed by atoms with Crippen LogP contribution in [0.25, 0.3) is 0 Å². The zero-order valence-corrected chi connectivity index (χ0v) is 16.2. The van der Waals surface area contributed by atoms with Crippen molar-refractivity contribution >= 4 is 40.6 Å². The van der Waals surface area contributed by atoms with E-state index in [1.54, 1.807) is 30.3 Å². The van der Waals surface area contributed by atoms with Crippen LogP contribution < -0.4 is 10.6 Å². The summed E-state index contributed by atoms with van der Waals surface area (Å²) in [5.74, 6) is -0.971. The average Bonchev–Trinajstić information content (AvgIpc) is 2.65. The largest absolute Gasteiger partial charge is 0.417 e. The van der Waals surface area contributed by atoms with Crippen molar-refractivity contribution in [3.8, 4) is 0 Å². The van der Waals surface area contributed by atoms with Gasteiger partial charge in [0, 0.05) is 28.5 Å². The molecule has 1 heterocycles. The van der Waals surface area contributed by atoms with E-state index in [1.807, 2.05) is 0 Å². The minimum atomic E-state index is -4.75. The summed E-state index contributed by atoms with van der Waals surface area (Å²) in [5, 5.41) is 5.81. The average molecular weight is 440 g/mol. The molecule has 2 aromatic carbocycles. The number of hydrogen-bond donors (Lipinski definition) is 2. The summed E-state index contributed by atoms with van der Waals surface area (Å²) in [6.07, 6.45) is -3.86. The van der Waals surface area contributed by atoms with Gasteiger partial charge in [-0.15, -0.1) is 0 Å². The maximum atomic E-state index is 13.5. The summed E-state index contributed by atoms with van der Waals surface area (Å²) in [6.45, 7) is 0.0952. The highest BCUT2D eigenvalue weighted by Crippen LogP contribution is 2.34. The maximum absolute atomic E-state index is 13.5. The van der Waals surface area contributed by atoms with E-state index in [4.69, 9.17) is 23.2 Å². The van der Waals surface area contributed by atoms with Gasteiger partial charge in [-0.3, -0.25) is 4.79 Å². The van der Waals surface area contributed by atoms with Crippen molar-refractivity contribution in [3.05, 3.63) is 87.5 Å². The first-order chi connectivity index (χ1) is 13.7. The Balaban J connectivity index is 1.85. The molecule has 0 spiro atoms. The van der Waals surface area contributed by atoms with Gasteiger partial charge >= 0.3 is 6.18 Å². The molecule has 2 N–H and O–H groups in total. The molecule has 0 saturated heterocycles. The van der Waals surface area contributed by atoms with Gasteiger partial charge < -0.3 is 10.6 Å². The Morgan fingerprint density at radius 3 is 2.28 bits per heavy atom. The number of nitrogens with zero attached hydrogens (tertiary/aromatic N) is 1. The van der Waals surface area contributed by atoms with Crippen molar-refractivity contribution in [2.75, 3.05) is 5.32 Å². The van der Waals surface area contributed by atoms with Crippen LogP contribution in [0, 0.1) is 0 Å². The standard InChI is InChI=1S/C20H14Cl2F3N3O/c21-13-6-14(22)8-15(7-13)28-18-9-17(20(23,24)25)16(11-26-18)19(29)27-10-12-4-2-1-3-5-12/h1-9,11H,10H2,(H,26,28)(H,27,29). The van der Waals surface area contributed by atoms with Gasteiger partial charge in [0.25, 0.3) is 5.91 Å². The van der Waals surface area contributed by atoms with Crippen molar-refractivity contribution < 1.29 is 18.0 Å². The SMILES string of the molecule is O=C(NCc1ccccc1)c1cnc(Nc2cc(Cl)cc(Cl)c2)cc1C(F)(F)F. The first kappa shape index (κ1) is 21.0. The lowest BCUT2D eigenvalue weighted by Gasteiger charge is -2.15. The number of nitrogens with one attached hydrogen (secondary N) is 2. The monoisotopic (exact) mass is 439 g/mol. The highest BCUT2D eigenvalue weighted by molar-refractivity contribution is 6.35. The summed E-state index contributed by atoms with van der Waals surface area (Å²) >= 11 is 11.8. The van der Waals surface area contributed by atoms with Gasteiger partial charge in [0.15, 0.2) is 0 Å². The van der Waals surface area contributed by atoms with Crippen molar-refractivity contribution in [3.63, 3.8) is 0 Å². The lowest BCUT2D eigenvalue weighted by molar-refractivity contribution is -0.137. The molecule has 29 heavy (non-hydrogen) atoms. The second-order valence-electron chi connectivity index (χ2n) is 6.06. The zero-order chi connectivity index (χ0) is 21.0. The highest BCUT2D eigenvalue weighted by atomic mass is 35.5. The van der Waals surface area contributed by atoms with Gasteiger partial charge in [-0.1, -0.05) is 53.5 Å². The van der Waals surface area contributed by atoms with Gasteiger partial charge in [-0.05, 0) is 29.8 Å². The topological polar surface area (TPSA) is 54.0 Å². The Morgan fingerprint density at radius 1 is 1.00 bits per heavy atom. The second-order valence-corrected chi connectivity index (χ2v) is 6.94. The fourth-order valence-electron chi connectivity index (χ4n) is 2.59. The number of rotatable bonds is 5. The van der Waals surface area contributed by atoms with Gasteiger partial charge in [0.2, 0.25) is 0 Å². The Labute approximate surface area is 174 Å². The number of halogens is 5. The van der Waals surface area contributed by atoms with Gasteiger partial charge in [-0.25, -0.2) is 4.98 Å². The highest BCUT2D eigenvalue weighted by Gasteiger charge is 2.36. The van der Waals surface area contributed by atoms with Crippen LogP contribution in [0.4, 0.5) is 24.7 Å². The summed E-state index contributed by atoms with van der Waals surface area (Å²) in [6, 6.07) is 14.1. The normalized spacial score (nSPS) is 11.2. The van der Waals surface area contributed by atoms with Crippen LogP contribution in [0.3, 0.4) is 0 Å². The van der Waals surface area contributed by atoms with Crippen LogP contribution in [0.5, 0.6) is 0 Å². The Morgan fingerprint density at radius 2 is 1.66 bits per heavy atom. The Kier molecular flexibility index (Phi) is 6.30. The van der Waals surface area contributed by atoms with E-state index < -0.39 is 23.2 Å². The third-order valence-corrected chi connectivity index (χ3v) is 4.32. The van der Waals surface area contributed by atoms with Gasteiger partial charge in [0.1, 0.15) is 5.82 Å². The zero-order valence-electron chi connectivity index (χ0n) is 14.7. The number of pyridine rings is 1. The molecule has 1 amide bonds. The third-order valence-electron chi connectivity index (χ3n) is 3.88. The van der Waals surface area contributed by atoms with Crippen LogP contribution in [0.1, 0.15) is 21.5 Å². The number of carbonyl (C=O) groups is 1. The minimum Gasteiger partial charge on any atom is -0.348 e. The molecule has 3 rings (SSSR count). The fourth-order valence-corrected chi connectivity index (χ4v) is 3.11. The van der Waals surface area contributed by atoms with Crippen molar-refractivity contribution in [1.82, 2.24) is 10.3 Å². The lowest BCUT2D eigenvalue weighted by Crippen LogP contribution is -2.26. The van der Waals surface area contributed by atoms with Crippen molar-refractivity contribution in [1.29, 1.82) is 0 Å². The minimum absolute atomic E-state index is 0.0952. The molecule has 0 bridgehead atoms. The van der Waals surface area contributed by atoms with Gasteiger partial charge in [-0.2, -0.15) is 13.2 Å². The number of amides is 1. The van der Waals surface area contributed by atoms with Crippen LogP contribution in [-0.4, -0.2) is 10.9 Å². The summed E-state index contributed by atoms with van der Waals surface area (Å²) in [4.78, 5) is 16.3. The number of benzene rings is 2. The quantitative estimate of drug-likeness (QED) is 0.506. The molecular weight excluding hydrogens is 426 g/mol. The van der Waals surface area contributed by atoms with Crippen molar-refractivity contribution in [2.24, 2.45) is 0 Å². The summed E-state index contributed by atoms with van der Waals surface area (Å²) in [5.41, 5.74) is -0.542. The van der Waals surface area contributed by atoms with Crippen LogP contribution in [0.2, 0.25) is 10.0 Å². The van der Waals surface area contributed by atoms with Crippen LogP contribution in [0.15, 0.2) is 60.8 Å². The van der Waals surface area contributed by atoms with E-state index in [2.05, 4.69) is 15.6 Å². The smallest absolute Gasteiger partial charge is 0.348 e.